The van der Waals surface area contributed by atoms with E-state index in [0.29, 0.717) is 43.5 Å². The molecule has 6 rings (SSSR count). The molecule has 0 radical (unpaired) electrons. The van der Waals surface area contributed by atoms with Gasteiger partial charge >= 0.3 is 6.18 Å². The summed E-state index contributed by atoms with van der Waals surface area (Å²) in [5.41, 5.74) is 0.602. The second-order valence-corrected chi connectivity index (χ2v) is 12.5. The molecule has 15 heteroatoms. The maximum Gasteiger partial charge on any atom is 0.390 e. The molecule has 43 heavy (non-hydrogen) atoms. The molecular formula is C28H37F3N10O2. The van der Waals surface area contributed by atoms with Crippen molar-refractivity contribution in [3.63, 3.8) is 0 Å². The average molecular weight is 603 g/mol. The number of nitrogens with one attached hydrogen (secondary N) is 1. The van der Waals surface area contributed by atoms with Crippen LogP contribution < -0.4 is 10.2 Å². The van der Waals surface area contributed by atoms with E-state index in [9.17, 15) is 22.8 Å². The van der Waals surface area contributed by atoms with Gasteiger partial charge < -0.3 is 24.9 Å². The first-order valence-electron chi connectivity index (χ1n) is 14.6. The monoisotopic (exact) mass is 602 g/mol. The molecule has 3 aliphatic heterocycles. The summed E-state index contributed by atoms with van der Waals surface area (Å²) in [6.45, 7) is 7.06. The van der Waals surface area contributed by atoms with Crippen molar-refractivity contribution in [2.75, 3.05) is 56.5 Å². The highest BCUT2D eigenvalue weighted by Gasteiger charge is 2.49. The number of fused-ring (bicyclic) bond motifs is 3. The molecule has 1 N–H and O–H groups in total. The first kappa shape index (κ1) is 29.2. The van der Waals surface area contributed by atoms with Gasteiger partial charge in [0.05, 0.1) is 29.4 Å². The molecule has 0 aliphatic carbocycles. The molecule has 3 aromatic heterocycles. The van der Waals surface area contributed by atoms with Gasteiger partial charge in [-0.3, -0.25) is 14.3 Å². The molecule has 2 unspecified atom stereocenters. The van der Waals surface area contributed by atoms with Gasteiger partial charge in [0, 0.05) is 63.7 Å². The minimum atomic E-state index is -4.41. The Bertz CT molecular complexity index is 1480. The van der Waals surface area contributed by atoms with Crippen molar-refractivity contribution >= 4 is 34.8 Å². The molecule has 6 heterocycles. The smallest absolute Gasteiger partial charge is 0.364 e. The maximum atomic E-state index is 13.3. The van der Waals surface area contributed by atoms with Crippen LogP contribution in [0.25, 0.3) is 5.65 Å². The number of anilines is 3. The van der Waals surface area contributed by atoms with Crippen LogP contribution in [0.5, 0.6) is 0 Å². The second kappa shape index (κ2) is 11.0. The Kier molecular flexibility index (Phi) is 7.47. The summed E-state index contributed by atoms with van der Waals surface area (Å²) in [6.07, 6.45) is 1.11. The van der Waals surface area contributed by atoms with Gasteiger partial charge in [-0.25, -0.2) is 4.52 Å². The van der Waals surface area contributed by atoms with Crippen molar-refractivity contribution in [1.82, 2.24) is 39.1 Å². The van der Waals surface area contributed by atoms with Gasteiger partial charge in [0.15, 0.2) is 5.65 Å². The van der Waals surface area contributed by atoms with E-state index >= 15 is 0 Å². The van der Waals surface area contributed by atoms with Gasteiger partial charge in [0.2, 0.25) is 17.8 Å². The summed E-state index contributed by atoms with van der Waals surface area (Å²) in [7, 11) is 2.04. The van der Waals surface area contributed by atoms with E-state index in [1.807, 2.05) is 24.1 Å². The highest BCUT2D eigenvalue weighted by atomic mass is 19.4. The van der Waals surface area contributed by atoms with Crippen LogP contribution in [-0.2, 0) is 16.1 Å². The number of hydrogen-bond acceptors (Lipinski definition) is 8. The zero-order valence-electron chi connectivity index (χ0n) is 24.6. The fourth-order valence-corrected chi connectivity index (χ4v) is 6.49. The van der Waals surface area contributed by atoms with Gasteiger partial charge in [-0.05, 0) is 32.0 Å². The third-order valence-corrected chi connectivity index (χ3v) is 8.66. The molecule has 0 aromatic carbocycles. The van der Waals surface area contributed by atoms with Crippen molar-refractivity contribution in [2.24, 2.45) is 5.41 Å². The van der Waals surface area contributed by atoms with Gasteiger partial charge in [-0.15, -0.1) is 5.10 Å². The summed E-state index contributed by atoms with van der Waals surface area (Å²) in [6, 6.07) is 3.48. The Morgan fingerprint density at radius 3 is 2.44 bits per heavy atom. The molecule has 3 aliphatic rings. The van der Waals surface area contributed by atoms with Gasteiger partial charge in [-0.1, -0.05) is 13.8 Å². The molecule has 0 saturated carbocycles. The average Bonchev–Trinajstić information content (AvgIpc) is 3.62. The number of halogens is 3. The zero-order chi connectivity index (χ0) is 30.5. The number of hydrogen-bond donors (Lipinski definition) is 1. The quantitative estimate of drug-likeness (QED) is 0.440. The number of piperazine rings is 2. The van der Waals surface area contributed by atoms with Crippen LogP contribution in [0.4, 0.5) is 30.5 Å². The largest absolute Gasteiger partial charge is 0.390 e. The van der Waals surface area contributed by atoms with Gasteiger partial charge in [0.25, 0.3) is 0 Å². The lowest BCUT2D eigenvalue weighted by atomic mass is 9.86. The van der Waals surface area contributed by atoms with Crippen LogP contribution in [0.2, 0.25) is 0 Å². The van der Waals surface area contributed by atoms with Gasteiger partial charge in [0.1, 0.15) is 6.54 Å². The summed E-state index contributed by atoms with van der Waals surface area (Å²) in [5, 5.41) is 12.0. The Morgan fingerprint density at radius 2 is 1.77 bits per heavy atom. The van der Waals surface area contributed by atoms with Crippen molar-refractivity contribution in [1.29, 1.82) is 0 Å². The third kappa shape index (κ3) is 6.12. The molecule has 3 saturated heterocycles. The topological polar surface area (TPSA) is 107 Å². The molecule has 0 spiro atoms. The number of carbonyl (C=O) groups excluding carboxylic acids is 2. The first-order valence-corrected chi connectivity index (χ1v) is 14.6. The first-order chi connectivity index (χ1) is 20.4. The molecule has 2 atom stereocenters. The molecule has 3 fully saturated rings. The zero-order valence-corrected chi connectivity index (χ0v) is 24.6. The van der Waals surface area contributed by atoms with Crippen molar-refractivity contribution in [3.8, 4) is 0 Å². The predicted molar refractivity (Wildman–Crippen MR) is 153 cm³/mol. The van der Waals surface area contributed by atoms with Gasteiger partial charge in [-0.2, -0.15) is 23.3 Å². The number of alkyl halides is 3. The molecule has 2 amide bonds. The molecule has 3 aromatic rings. The number of rotatable bonds is 7. The van der Waals surface area contributed by atoms with Crippen LogP contribution in [0, 0.1) is 5.41 Å². The highest BCUT2D eigenvalue weighted by molar-refractivity contribution is 5.83. The van der Waals surface area contributed by atoms with Crippen LogP contribution in [0.15, 0.2) is 30.7 Å². The van der Waals surface area contributed by atoms with Crippen molar-refractivity contribution < 1.29 is 22.8 Å². The van der Waals surface area contributed by atoms with Crippen LogP contribution in [-0.4, -0.2) is 115 Å². The lowest BCUT2D eigenvalue weighted by molar-refractivity contribution is -0.172. The van der Waals surface area contributed by atoms with E-state index in [0.717, 1.165) is 31.6 Å². The normalized spacial score (nSPS) is 21.6. The second-order valence-electron chi connectivity index (χ2n) is 12.5. The van der Waals surface area contributed by atoms with Crippen LogP contribution in [0.1, 0.15) is 33.1 Å². The summed E-state index contributed by atoms with van der Waals surface area (Å²) in [4.78, 5) is 38.6. The standard InChI is InChI=1S/C28H37F3N10O2/c1-27(2,18-28(29,30)31)25(43)41-20-6-7-21(41)16-38(15-20)22-5-4-8-40-24(22)34-26(35-40)33-19-13-32-39(14-19)17-23(42)37-11-9-36(3)10-12-37/h4-5,8,13-14,20-21H,6-7,9-12,15-18H2,1-3H3,(H,33,35). The van der Waals surface area contributed by atoms with Crippen molar-refractivity contribution in [3.05, 3.63) is 30.7 Å². The number of likely N-dealkylation sites (N-methyl/N-ethyl adjacent to an activating group) is 1. The Balaban J connectivity index is 1.13. The van der Waals surface area contributed by atoms with E-state index in [4.69, 9.17) is 4.98 Å². The molecular weight excluding hydrogens is 565 g/mol. The number of pyridine rings is 1. The maximum absolute atomic E-state index is 13.3. The SMILES string of the molecule is CN1CCN(C(=O)Cn2cc(Nc3nc4c(N5CC6CCC(C5)N6C(=O)C(C)(C)CC(F)(F)F)cccn4n3)cn2)CC1. The molecule has 232 valence electrons. The number of carbonyl (C=O) groups is 2. The Labute approximate surface area is 247 Å². The molecule has 2 bridgehead atoms. The fourth-order valence-electron chi connectivity index (χ4n) is 6.49. The number of nitrogens with zero attached hydrogens (tertiary/aromatic N) is 9. The van der Waals surface area contributed by atoms with E-state index in [1.165, 1.54) is 13.8 Å². The van der Waals surface area contributed by atoms with E-state index < -0.39 is 23.9 Å². The van der Waals surface area contributed by atoms with Crippen molar-refractivity contribution in [2.45, 2.75) is 57.9 Å². The van der Waals surface area contributed by atoms with E-state index in [2.05, 4.69) is 25.3 Å². The predicted octanol–water partition coefficient (Wildman–Crippen LogP) is 2.60. The third-order valence-electron chi connectivity index (χ3n) is 8.66. The summed E-state index contributed by atoms with van der Waals surface area (Å²) < 4.78 is 42.8. The fraction of sp³-hybridized carbons (Fsp3) is 0.607. The van der Waals surface area contributed by atoms with E-state index in [-0.39, 0.29) is 24.5 Å². The minimum Gasteiger partial charge on any atom is -0.364 e. The Morgan fingerprint density at radius 1 is 1.07 bits per heavy atom. The number of amides is 2. The highest BCUT2D eigenvalue weighted by Crippen LogP contribution is 2.40. The summed E-state index contributed by atoms with van der Waals surface area (Å²) >= 11 is 0. The molecule has 12 nitrogen and oxygen atoms in total. The lowest BCUT2D eigenvalue weighted by Gasteiger charge is -2.45. The van der Waals surface area contributed by atoms with Crippen LogP contribution in [0.3, 0.4) is 0 Å². The minimum absolute atomic E-state index is 0.0259. The Hall–Kier alpha value is -3.88. The van der Waals surface area contributed by atoms with E-state index in [1.54, 1.807) is 32.7 Å². The summed E-state index contributed by atoms with van der Waals surface area (Å²) in [5.74, 6) is -0.0454. The van der Waals surface area contributed by atoms with Crippen LogP contribution >= 0.6 is 0 Å². The lowest BCUT2D eigenvalue weighted by Crippen LogP contribution is -2.59. The number of aromatic nitrogens is 5.